The average molecular weight is 665 g/mol. The van der Waals surface area contributed by atoms with Crippen LogP contribution in [0.3, 0.4) is 0 Å². The smallest absolute Gasteiger partial charge is 0.393 e. The van der Waals surface area contributed by atoms with E-state index in [0.717, 1.165) is 12.8 Å². The zero-order valence-electron chi connectivity index (χ0n) is 27.2. The van der Waals surface area contributed by atoms with Crippen LogP contribution in [0.2, 0.25) is 0 Å². The quantitative estimate of drug-likeness (QED) is 0.139. The Hall–Kier alpha value is -0.450. The lowest BCUT2D eigenvalue weighted by Gasteiger charge is -2.66. The van der Waals surface area contributed by atoms with E-state index in [2.05, 4.69) is 20.8 Å². The van der Waals surface area contributed by atoms with Gasteiger partial charge in [0.2, 0.25) is 0 Å². The van der Waals surface area contributed by atoms with E-state index in [1.807, 2.05) is 13.8 Å². The molecule has 0 aromatic rings. The van der Waals surface area contributed by atoms with Gasteiger partial charge in [-0.2, -0.15) is 8.42 Å². The third-order valence-electron chi connectivity index (χ3n) is 13.1. The monoisotopic (exact) mass is 664 g/mol. The molecule has 0 spiro atoms. The summed E-state index contributed by atoms with van der Waals surface area (Å²) in [5.74, 6) is -0.683. The predicted molar refractivity (Wildman–Crippen MR) is 162 cm³/mol. The average Bonchev–Trinajstić information content (AvgIpc) is 3.22. The van der Waals surface area contributed by atoms with Crippen LogP contribution in [0.4, 0.5) is 0 Å². The summed E-state index contributed by atoms with van der Waals surface area (Å²) in [6.07, 6.45) is -2.50. The molecule has 5 fully saturated rings. The summed E-state index contributed by atoms with van der Waals surface area (Å²) in [6.45, 7) is 9.95. The number of aliphatic hydroxyl groups is 6. The minimum atomic E-state index is -4.58. The summed E-state index contributed by atoms with van der Waals surface area (Å²) in [6, 6.07) is 0. The molecular weight excluding hydrogens is 608 g/mol. The normalized spacial score (nSPS) is 50.0. The van der Waals surface area contributed by atoms with E-state index in [-0.39, 0.29) is 54.1 Å². The van der Waals surface area contributed by atoms with Crippen LogP contribution in [0.25, 0.3) is 0 Å². The Morgan fingerprint density at radius 3 is 2.20 bits per heavy atom. The fourth-order valence-corrected chi connectivity index (χ4v) is 11.5. The standard InChI is InChI=1S/C32H56O12S/c1-16(2)24(44-45(39,40)41)7-6-17(3)19-13-21(33)28-31(19,5)11-9-25-30(4)10-8-18(12-20(30)22(34)14-32(25,28)38)43-29-27(37)26(36)23(35)15-42-29/h16-29,33-38H,6-15H2,1-5H3,(H,39,40,41)/t17-,18+,19-,20?,21-,22+,23-,24+,25?,26+,27-,28?,29+,30+,31-,32+/m1/s1. The Labute approximate surface area is 267 Å². The van der Waals surface area contributed by atoms with Gasteiger partial charge in [-0.1, -0.05) is 34.6 Å². The van der Waals surface area contributed by atoms with Crippen LogP contribution < -0.4 is 0 Å². The Balaban J connectivity index is 1.29. The molecule has 4 saturated carbocycles. The van der Waals surface area contributed by atoms with Crippen LogP contribution in [-0.4, -0.2) is 105 Å². The molecular formula is C32H56O12S. The number of ether oxygens (including phenoxy) is 2. The van der Waals surface area contributed by atoms with Crippen molar-refractivity contribution >= 4 is 10.4 Å². The van der Waals surface area contributed by atoms with Crippen molar-refractivity contribution in [1.29, 1.82) is 0 Å². The first kappa shape index (κ1) is 35.8. The van der Waals surface area contributed by atoms with Gasteiger partial charge in [-0.15, -0.1) is 0 Å². The number of aliphatic hydroxyl groups excluding tert-OH is 5. The minimum absolute atomic E-state index is 0.0728. The SMILES string of the molecule is CC(C)[C@H](CC[C@@H](C)[C@H]1C[C@@H](O)C2[C@]3(O)C[C@H](O)C4C[C@@H](O[C@@H]5OC[C@@H](O)[C@H](O)[C@H]5O)CC[C@]4(C)C3CC[C@@]21C)OS(=O)(=O)O. The fourth-order valence-electron chi connectivity index (χ4n) is 10.9. The summed E-state index contributed by atoms with van der Waals surface area (Å²) < 4.78 is 48.6. The van der Waals surface area contributed by atoms with Gasteiger partial charge in [0.1, 0.15) is 18.3 Å². The van der Waals surface area contributed by atoms with Crippen LogP contribution in [0.5, 0.6) is 0 Å². The van der Waals surface area contributed by atoms with Crippen molar-refractivity contribution in [1.82, 2.24) is 0 Å². The van der Waals surface area contributed by atoms with Crippen molar-refractivity contribution in [3.8, 4) is 0 Å². The van der Waals surface area contributed by atoms with E-state index in [9.17, 15) is 43.6 Å². The van der Waals surface area contributed by atoms with Crippen LogP contribution in [-0.2, 0) is 24.1 Å². The molecule has 1 aliphatic heterocycles. The molecule has 4 aliphatic carbocycles. The third kappa shape index (κ3) is 6.50. The van der Waals surface area contributed by atoms with E-state index in [1.165, 1.54) is 0 Å². The highest BCUT2D eigenvalue weighted by atomic mass is 32.3. The molecule has 3 unspecified atom stereocenters. The lowest BCUT2D eigenvalue weighted by atomic mass is 9.42. The first-order chi connectivity index (χ1) is 20.8. The van der Waals surface area contributed by atoms with Crippen LogP contribution in [0.15, 0.2) is 0 Å². The summed E-state index contributed by atoms with van der Waals surface area (Å²) in [5, 5.41) is 66.1. The highest BCUT2D eigenvalue weighted by Gasteiger charge is 2.70. The van der Waals surface area contributed by atoms with E-state index >= 15 is 0 Å². The largest absolute Gasteiger partial charge is 0.397 e. The second-order valence-electron chi connectivity index (χ2n) is 16.0. The second kappa shape index (κ2) is 12.8. The molecule has 12 nitrogen and oxygen atoms in total. The molecule has 0 amide bonds. The Bertz CT molecular complexity index is 1150. The fraction of sp³-hybridized carbons (Fsp3) is 1.00. The molecule has 16 atom stereocenters. The first-order valence-corrected chi connectivity index (χ1v) is 18.2. The lowest BCUT2D eigenvalue weighted by molar-refractivity contribution is -0.300. The number of rotatable bonds is 9. The second-order valence-corrected chi connectivity index (χ2v) is 17.1. The summed E-state index contributed by atoms with van der Waals surface area (Å²) in [7, 11) is -4.58. The maximum absolute atomic E-state index is 12.6. The van der Waals surface area contributed by atoms with Crippen molar-refractivity contribution in [2.45, 2.75) is 147 Å². The maximum atomic E-state index is 12.6. The zero-order chi connectivity index (χ0) is 33.3. The number of fused-ring (bicyclic) bond motifs is 5. The summed E-state index contributed by atoms with van der Waals surface area (Å²) in [4.78, 5) is 0. The first-order valence-electron chi connectivity index (χ1n) is 16.9. The van der Waals surface area contributed by atoms with E-state index in [4.69, 9.17) is 13.7 Å². The molecule has 13 heteroatoms. The molecule has 0 aromatic heterocycles. The number of hydrogen-bond donors (Lipinski definition) is 7. The summed E-state index contributed by atoms with van der Waals surface area (Å²) >= 11 is 0. The molecule has 7 N–H and O–H groups in total. The topological polar surface area (TPSA) is 203 Å². The van der Waals surface area contributed by atoms with Gasteiger partial charge in [-0.25, -0.2) is 4.18 Å². The lowest BCUT2D eigenvalue weighted by Crippen LogP contribution is -2.68. The summed E-state index contributed by atoms with van der Waals surface area (Å²) in [5.41, 5.74) is -2.06. The number of hydrogen-bond acceptors (Lipinski definition) is 11. The van der Waals surface area contributed by atoms with E-state index in [1.54, 1.807) is 0 Å². The molecule has 1 saturated heterocycles. The van der Waals surface area contributed by atoms with E-state index < -0.39 is 70.2 Å². The van der Waals surface area contributed by atoms with Crippen LogP contribution in [0.1, 0.15) is 92.4 Å². The van der Waals surface area contributed by atoms with E-state index in [0.29, 0.717) is 38.5 Å². The van der Waals surface area contributed by atoms with Gasteiger partial charge in [-0.3, -0.25) is 4.55 Å². The minimum Gasteiger partial charge on any atom is -0.393 e. The molecule has 45 heavy (non-hydrogen) atoms. The van der Waals surface area contributed by atoms with Crippen molar-refractivity contribution in [3.05, 3.63) is 0 Å². The maximum Gasteiger partial charge on any atom is 0.397 e. The Morgan fingerprint density at radius 1 is 0.889 bits per heavy atom. The van der Waals surface area contributed by atoms with Gasteiger partial charge in [0.25, 0.3) is 0 Å². The van der Waals surface area contributed by atoms with Crippen molar-refractivity contribution in [2.75, 3.05) is 6.61 Å². The van der Waals surface area contributed by atoms with Gasteiger partial charge in [-0.05, 0) is 91.8 Å². The molecule has 5 aliphatic rings. The zero-order valence-corrected chi connectivity index (χ0v) is 28.1. The molecule has 262 valence electrons. The van der Waals surface area contributed by atoms with Gasteiger partial charge in [0, 0.05) is 12.3 Å². The van der Waals surface area contributed by atoms with Crippen molar-refractivity contribution in [3.63, 3.8) is 0 Å². The van der Waals surface area contributed by atoms with Crippen LogP contribution >= 0.6 is 0 Å². The van der Waals surface area contributed by atoms with Crippen molar-refractivity contribution in [2.24, 2.45) is 46.3 Å². The highest BCUT2D eigenvalue weighted by molar-refractivity contribution is 7.80. The third-order valence-corrected chi connectivity index (χ3v) is 13.6. The molecule has 5 rings (SSSR count). The van der Waals surface area contributed by atoms with Gasteiger partial charge in [0.15, 0.2) is 6.29 Å². The van der Waals surface area contributed by atoms with Gasteiger partial charge < -0.3 is 40.1 Å². The van der Waals surface area contributed by atoms with Gasteiger partial charge >= 0.3 is 10.4 Å². The Morgan fingerprint density at radius 2 is 1.56 bits per heavy atom. The van der Waals surface area contributed by atoms with Crippen LogP contribution in [0, 0.1) is 46.3 Å². The highest BCUT2D eigenvalue weighted by Crippen LogP contribution is 2.70. The molecule has 1 heterocycles. The molecule has 0 bridgehead atoms. The van der Waals surface area contributed by atoms with Crippen molar-refractivity contribution < 1.29 is 57.3 Å². The Kier molecular flexibility index (Phi) is 10.2. The molecule has 0 radical (unpaired) electrons. The molecule has 0 aromatic carbocycles. The predicted octanol–water partition coefficient (Wildman–Crippen LogP) is 1.79. The van der Waals surface area contributed by atoms with Gasteiger partial charge in [0.05, 0.1) is 36.6 Å².